The Labute approximate surface area is 138 Å². The van der Waals surface area contributed by atoms with Gasteiger partial charge < -0.3 is 19.9 Å². The normalized spacial score (nSPS) is 17.5. The molecule has 0 aliphatic carbocycles. The molecular formula is C15H18N6O3. The largest absolute Gasteiger partial charge is 0.367 e. The van der Waals surface area contributed by atoms with Crippen molar-refractivity contribution in [2.24, 2.45) is 0 Å². The number of carbonyl (C=O) groups is 2. The molecule has 9 nitrogen and oxygen atoms in total. The van der Waals surface area contributed by atoms with Gasteiger partial charge in [-0.2, -0.15) is 0 Å². The van der Waals surface area contributed by atoms with Crippen molar-refractivity contribution in [1.29, 1.82) is 0 Å². The van der Waals surface area contributed by atoms with Crippen molar-refractivity contribution < 1.29 is 14.3 Å². The molecule has 2 amide bonds. The summed E-state index contributed by atoms with van der Waals surface area (Å²) in [5, 5.41) is 2.69. The van der Waals surface area contributed by atoms with Crippen LogP contribution in [-0.4, -0.2) is 56.3 Å². The maximum Gasteiger partial charge on any atom is 0.291 e. The van der Waals surface area contributed by atoms with Gasteiger partial charge in [0.1, 0.15) is 11.9 Å². The molecule has 0 spiro atoms. The van der Waals surface area contributed by atoms with Crippen LogP contribution in [0.3, 0.4) is 0 Å². The van der Waals surface area contributed by atoms with E-state index in [-0.39, 0.29) is 23.7 Å². The van der Waals surface area contributed by atoms with Gasteiger partial charge in [0.2, 0.25) is 11.7 Å². The molecule has 0 saturated carbocycles. The van der Waals surface area contributed by atoms with Gasteiger partial charge in [0.05, 0.1) is 31.6 Å². The number of amides is 2. The fourth-order valence-electron chi connectivity index (χ4n) is 2.40. The highest BCUT2D eigenvalue weighted by Crippen LogP contribution is 2.20. The Bertz CT molecular complexity index is 717. The van der Waals surface area contributed by atoms with Crippen LogP contribution >= 0.6 is 0 Å². The lowest BCUT2D eigenvalue weighted by Crippen LogP contribution is -2.43. The molecule has 0 aromatic carbocycles. The molecule has 24 heavy (non-hydrogen) atoms. The zero-order valence-electron chi connectivity index (χ0n) is 13.2. The molecule has 1 aliphatic heterocycles. The third kappa shape index (κ3) is 3.74. The molecule has 0 radical (unpaired) electrons. The van der Waals surface area contributed by atoms with E-state index in [4.69, 9.17) is 4.74 Å². The van der Waals surface area contributed by atoms with Gasteiger partial charge >= 0.3 is 0 Å². The second-order valence-electron chi connectivity index (χ2n) is 5.39. The first-order valence-corrected chi connectivity index (χ1v) is 7.59. The van der Waals surface area contributed by atoms with Crippen molar-refractivity contribution in [3.63, 3.8) is 0 Å². The Morgan fingerprint density at radius 1 is 1.38 bits per heavy atom. The lowest BCUT2D eigenvalue weighted by Gasteiger charge is -2.31. The molecule has 0 bridgehead atoms. The zero-order chi connectivity index (χ0) is 16.9. The van der Waals surface area contributed by atoms with Crippen LogP contribution in [0.15, 0.2) is 24.7 Å². The summed E-state index contributed by atoms with van der Waals surface area (Å²) in [6, 6.07) is 1.67. The average Bonchev–Trinajstić information content (AvgIpc) is 3.09. The summed E-state index contributed by atoms with van der Waals surface area (Å²) in [6.45, 7) is 3.08. The molecule has 9 heteroatoms. The highest BCUT2D eigenvalue weighted by atomic mass is 16.5. The Balaban J connectivity index is 1.65. The van der Waals surface area contributed by atoms with E-state index < -0.39 is 0 Å². The number of imidazole rings is 1. The summed E-state index contributed by atoms with van der Waals surface area (Å²) in [4.78, 5) is 40.4. The van der Waals surface area contributed by atoms with Gasteiger partial charge in [-0.05, 0) is 6.07 Å². The number of morpholine rings is 1. The molecular weight excluding hydrogens is 312 g/mol. The van der Waals surface area contributed by atoms with Crippen molar-refractivity contribution in [3.8, 4) is 0 Å². The minimum Gasteiger partial charge on any atom is -0.367 e. The minimum absolute atomic E-state index is 0.111. The highest BCUT2D eigenvalue weighted by Gasteiger charge is 2.28. The van der Waals surface area contributed by atoms with Crippen LogP contribution in [0, 0.1) is 0 Å². The summed E-state index contributed by atoms with van der Waals surface area (Å²) in [6.07, 6.45) is 4.38. The zero-order valence-corrected chi connectivity index (χ0v) is 13.2. The third-order valence-electron chi connectivity index (χ3n) is 3.59. The third-order valence-corrected chi connectivity index (χ3v) is 3.59. The van der Waals surface area contributed by atoms with E-state index in [2.05, 4.69) is 25.3 Å². The summed E-state index contributed by atoms with van der Waals surface area (Å²) < 4.78 is 5.70. The molecule has 3 rings (SSSR count). The Morgan fingerprint density at radius 2 is 2.17 bits per heavy atom. The van der Waals surface area contributed by atoms with E-state index >= 15 is 0 Å². The molecule has 126 valence electrons. The molecule has 2 N–H and O–H groups in total. The Hall–Kier alpha value is -2.81. The van der Waals surface area contributed by atoms with Crippen molar-refractivity contribution in [2.75, 3.05) is 19.7 Å². The molecule has 0 unspecified atom stereocenters. The highest BCUT2D eigenvalue weighted by molar-refractivity contribution is 5.90. The van der Waals surface area contributed by atoms with E-state index in [0.29, 0.717) is 32.1 Å². The average molecular weight is 330 g/mol. The summed E-state index contributed by atoms with van der Waals surface area (Å²) in [5.41, 5.74) is 0.777. The van der Waals surface area contributed by atoms with Crippen LogP contribution < -0.4 is 5.32 Å². The summed E-state index contributed by atoms with van der Waals surface area (Å²) in [7, 11) is 0. The van der Waals surface area contributed by atoms with Crippen molar-refractivity contribution in [2.45, 2.75) is 19.6 Å². The van der Waals surface area contributed by atoms with E-state index in [1.54, 1.807) is 29.6 Å². The number of carbonyl (C=O) groups excluding carboxylic acids is 2. The van der Waals surface area contributed by atoms with Crippen molar-refractivity contribution >= 4 is 11.8 Å². The van der Waals surface area contributed by atoms with Gasteiger partial charge in [0.25, 0.3) is 5.91 Å². The fourth-order valence-corrected chi connectivity index (χ4v) is 2.40. The number of aromatic amines is 1. The molecule has 1 saturated heterocycles. The predicted octanol–water partition coefficient (Wildman–Crippen LogP) is 0.0495. The van der Waals surface area contributed by atoms with Gasteiger partial charge in [-0.15, -0.1) is 0 Å². The van der Waals surface area contributed by atoms with E-state index in [9.17, 15) is 9.59 Å². The van der Waals surface area contributed by atoms with E-state index in [0.717, 1.165) is 5.69 Å². The Morgan fingerprint density at radius 3 is 2.92 bits per heavy atom. The second-order valence-corrected chi connectivity index (χ2v) is 5.39. The lowest BCUT2D eigenvalue weighted by atomic mass is 10.2. The number of hydrogen-bond donors (Lipinski definition) is 2. The fraction of sp³-hybridized carbons (Fsp3) is 0.400. The first-order chi connectivity index (χ1) is 11.6. The van der Waals surface area contributed by atoms with E-state index in [1.165, 1.54) is 6.92 Å². The number of nitrogens with zero attached hydrogens (tertiary/aromatic N) is 4. The number of aromatic nitrogens is 4. The number of ether oxygens (including phenoxy) is 1. The van der Waals surface area contributed by atoms with Crippen LogP contribution in [0.5, 0.6) is 0 Å². The monoisotopic (exact) mass is 330 g/mol. The van der Waals surface area contributed by atoms with Crippen LogP contribution in [0.2, 0.25) is 0 Å². The summed E-state index contributed by atoms with van der Waals surface area (Å²) in [5.74, 6) is 0.458. The number of rotatable bonds is 4. The van der Waals surface area contributed by atoms with Gasteiger partial charge in [-0.25, -0.2) is 15.0 Å². The topological polar surface area (TPSA) is 113 Å². The van der Waals surface area contributed by atoms with Crippen LogP contribution in [0.1, 0.15) is 35.2 Å². The maximum atomic E-state index is 12.4. The number of H-pyrrole nitrogens is 1. The van der Waals surface area contributed by atoms with Gasteiger partial charge in [-0.1, -0.05) is 0 Å². The standard InChI is InChI=1S/C15H18N6O3/c1-10(22)18-7-11-8-19-13(20-11)12-9-21(5-6-24-12)15(23)14-16-3-2-4-17-14/h2-4,8,12H,5-7,9H2,1H3,(H,18,22)(H,19,20)/t12-/m1/s1. The van der Waals surface area contributed by atoms with Gasteiger partial charge in [0, 0.05) is 25.9 Å². The second kappa shape index (κ2) is 7.18. The van der Waals surface area contributed by atoms with Gasteiger partial charge in [0.15, 0.2) is 0 Å². The quantitative estimate of drug-likeness (QED) is 0.819. The smallest absolute Gasteiger partial charge is 0.291 e. The van der Waals surface area contributed by atoms with Crippen molar-refractivity contribution in [1.82, 2.24) is 30.2 Å². The summed E-state index contributed by atoms with van der Waals surface area (Å²) >= 11 is 0. The molecule has 1 aliphatic rings. The van der Waals surface area contributed by atoms with Crippen LogP contribution in [0.25, 0.3) is 0 Å². The minimum atomic E-state index is -0.350. The predicted molar refractivity (Wildman–Crippen MR) is 82.7 cm³/mol. The first kappa shape index (κ1) is 16.1. The lowest BCUT2D eigenvalue weighted by molar-refractivity contribution is -0.119. The van der Waals surface area contributed by atoms with Crippen molar-refractivity contribution in [3.05, 3.63) is 42.0 Å². The molecule has 2 aromatic rings. The molecule has 3 heterocycles. The Kier molecular flexibility index (Phi) is 4.80. The van der Waals surface area contributed by atoms with E-state index in [1.807, 2.05) is 0 Å². The first-order valence-electron chi connectivity index (χ1n) is 7.59. The SMILES string of the molecule is CC(=O)NCc1cnc([C@H]2CN(C(=O)c3ncccn3)CCO2)[nH]1. The molecule has 1 atom stereocenters. The number of hydrogen-bond acceptors (Lipinski definition) is 6. The number of nitrogens with one attached hydrogen (secondary N) is 2. The van der Waals surface area contributed by atoms with Gasteiger partial charge in [-0.3, -0.25) is 9.59 Å². The molecule has 1 fully saturated rings. The van der Waals surface area contributed by atoms with Crippen LogP contribution in [0.4, 0.5) is 0 Å². The van der Waals surface area contributed by atoms with Crippen LogP contribution in [-0.2, 0) is 16.1 Å². The molecule has 2 aromatic heterocycles. The maximum absolute atomic E-state index is 12.4.